The summed E-state index contributed by atoms with van der Waals surface area (Å²) < 4.78 is 5.34. The maximum Gasteiger partial charge on any atom is 0.253 e. The van der Waals surface area contributed by atoms with E-state index in [-0.39, 0.29) is 30.1 Å². The monoisotopic (exact) mass is 381 g/mol. The molecule has 2 N–H and O–H groups in total. The number of rotatable bonds is 3. The van der Waals surface area contributed by atoms with E-state index in [9.17, 15) is 9.59 Å². The lowest BCUT2D eigenvalue weighted by molar-refractivity contribution is -0.136. The van der Waals surface area contributed by atoms with Crippen LogP contribution in [0.25, 0.3) is 0 Å². The molecule has 2 aliphatic heterocycles. The molecule has 26 heavy (non-hydrogen) atoms. The first-order chi connectivity index (χ1) is 12.1. The van der Waals surface area contributed by atoms with Gasteiger partial charge in [-0.05, 0) is 37.8 Å². The van der Waals surface area contributed by atoms with Crippen molar-refractivity contribution in [3.63, 3.8) is 0 Å². The molecule has 1 aromatic rings. The first-order valence-electron chi connectivity index (χ1n) is 9.04. The zero-order chi connectivity index (χ0) is 17.8. The SMILES string of the molecule is Cc1ccc(C(=O)N2CCN(C(=O)C(N)C3CCOCC3)CC2)cc1.Cl. The van der Waals surface area contributed by atoms with Crippen molar-refractivity contribution in [1.82, 2.24) is 9.80 Å². The second-order valence-electron chi connectivity index (χ2n) is 6.96. The molecule has 3 rings (SSSR count). The molecule has 1 aromatic carbocycles. The van der Waals surface area contributed by atoms with E-state index in [2.05, 4.69) is 0 Å². The van der Waals surface area contributed by atoms with Crippen LogP contribution in [0.5, 0.6) is 0 Å². The van der Waals surface area contributed by atoms with Crippen molar-refractivity contribution in [2.75, 3.05) is 39.4 Å². The van der Waals surface area contributed by atoms with Crippen LogP contribution in [0.1, 0.15) is 28.8 Å². The number of halogens is 1. The minimum atomic E-state index is -0.455. The third-order valence-electron chi connectivity index (χ3n) is 5.24. The van der Waals surface area contributed by atoms with Gasteiger partial charge in [0.05, 0.1) is 6.04 Å². The van der Waals surface area contributed by atoms with Crippen molar-refractivity contribution in [3.05, 3.63) is 35.4 Å². The Kier molecular flexibility index (Phi) is 7.43. The molecule has 0 bridgehead atoms. The lowest BCUT2D eigenvalue weighted by atomic mass is 9.91. The first-order valence-corrected chi connectivity index (χ1v) is 9.04. The molecule has 1 unspecified atom stereocenters. The second kappa shape index (κ2) is 9.35. The minimum absolute atomic E-state index is 0. The maximum atomic E-state index is 12.6. The number of nitrogens with zero attached hydrogens (tertiary/aromatic N) is 2. The third-order valence-corrected chi connectivity index (χ3v) is 5.24. The molecule has 0 aliphatic carbocycles. The molecular weight excluding hydrogens is 354 g/mol. The van der Waals surface area contributed by atoms with Crippen LogP contribution in [0.3, 0.4) is 0 Å². The molecule has 0 radical (unpaired) electrons. The van der Waals surface area contributed by atoms with Crippen molar-refractivity contribution in [1.29, 1.82) is 0 Å². The van der Waals surface area contributed by atoms with Crippen molar-refractivity contribution in [2.24, 2.45) is 11.7 Å². The molecule has 144 valence electrons. The third kappa shape index (κ3) is 4.75. The van der Waals surface area contributed by atoms with Crippen LogP contribution < -0.4 is 5.73 Å². The Balaban J connectivity index is 0.00000243. The molecule has 2 saturated heterocycles. The maximum absolute atomic E-state index is 12.6. The van der Waals surface area contributed by atoms with E-state index in [1.807, 2.05) is 36.1 Å². The first kappa shape index (κ1) is 20.7. The predicted octanol–water partition coefficient (Wildman–Crippen LogP) is 1.46. The fraction of sp³-hybridized carbons (Fsp3) is 0.579. The van der Waals surface area contributed by atoms with Crippen molar-refractivity contribution >= 4 is 24.2 Å². The van der Waals surface area contributed by atoms with E-state index in [0.29, 0.717) is 45.0 Å². The zero-order valence-corrected chi connectivity index (χ0v) is 16.0. The summed E-state index contributed by atoms with van der Waals surface area (Å²) in [6.45, 7) is 5.58. The highest BCUT2D eigenvalue weighted by molar-refractivity contribution is 5.94. The Morgan fingerprint density at radius 3 is 2.15 bits per heavy atom. The molecule has 0 saturated carbocycles. The molecule has 7 heteroatoms. The average Bonchev–Trinajstić information content (AvgIpc) is 2.67. The largest absolute Gasteiger partial charge is 0.381 e. The summed E-state index contributed by atoms with van der Waals surface area (Å²) in [6, 6.07) is 7.15. The standard InChI is InChI=1S/C19H27N3O3.ClH/c1-14-2-4-16(5-3-14)18(23)21-8-10-22(11-9-21)19(24)17(20)15-6-12-25-13-7-15;/h2-5,15,17H,6-13,20H2,1H3;1H. The fourth-order valence-electron chi connectivity index (χ4n) is 3.50. The number of piperazine rings is 1. The summed E-state index contributed by atoms with van der Waals surface area (Å²) in [5.74, 6) is 0.239. The number of carbonyl (C=O) groups is 2. The molecule has 2 fully saturated rings. The number of benzene rings is 1. The van der Waals surface area contributed by atoms with Gasteiger partial charge in [0.2, 0.25) is 5.91 Å². The van der Waals surface area contributed by atoms with Gasteiger partial charge in [0.25, 0.3) is 5.91 Å². The van der Waals surface area contributed by atoms with Gasteiger partial charge in [-0.2, -0.15) is 0 Å². The van der Waals surface area contributed by atoms with Crippen LogP contribution in [0.15, 0.2) is 24.3 Å². The number of hydrogen-bond acceptors (Lipinski definition) is 4. The van der Waals surface area contributed by atoms with Crippen molar-refractivity contribution in [3.8, 4) is 0 Å². The summed E-state index contributed by atoms with van der Waals surface area (Å²) >= 11 is 0. The number of carbonyl (C=O) groups excluding carboxylic acids is 2. The number of aryl methyl sites for hydroxylation is 1. The summed E-state index contributed by atoms with van der Waals surface area (Å²) in [4.78, 5) is 28.8. The molecule has 6 nitrogen and oxygen atoms in total. The van der Waals surface area contributed by atoms with Gasteiger partial charge in [-0.1, -0.05) is 17.7 Å². The van der Waals surface area contributed by atoms with E-state index >= 15 is 0 Å². The van der Waals surface area contributed by atoms with E-state index in [4.69, 9.17) is 10.5 Å². The summed E-state index contributed by atoms with van der Waals surface area (Å²) in [5, 5.41) is 0. The van der Waals surface area contributed by atoms with E-state index in [0.717, 1.165) is 18.4 Å². The van der Waals surface area contributed by atoms with Crippen LogP contribution in [-0.2, 0) is 9.53 Å². The van der Waals surface area contributed by atoms with Gasteiger partial charge < -0.3 is 20.3 Å². The summed E-state index contributed by atoms with van der Waals surface area (Å²) in [5.41, 5.74) is 8.03. The van der Waals surface area contributed by atoms with Crippen LogP contribution in [-0.4, -0.2) is 67.0 Å². The van der Waals surface area contributed by atoms with Gasteiger partial charge in [0.15, 0.2) is 0 Å². The average molecular weight is 382 g/mol. The number of amides is 2. The zero-order valence-electron chi connectivity index (χ0n) is 15.2. The second-order valence-corrected chi connectivity index (χ2v) is 6.96. The molecule has 2 aliphatic rings. The highest BCUT2D eigenvalue weighted by atomic mass is 35.5. The Morgan fingerprint density at radius 2 is 1.58 bits per heavy atom. The van der Waals surface area contributed by atoms with E-state index in [1.165, 1.54) is 0 Å². The van der Waals surface area contributed by atoms with Crippen LogP contribution in [0.2, 0.25) is 0 Å². The number of hydrogen-bond donors (Lipinski definition) is 1. The van der Waals surface area contributed by atoms with Crippen LogP contribution >= 0.6 is 12.4 Å². The minimum Gasteiger partial charge on any atom is -0.381 e. The molecule has 2 amide bonds. The summed E-state index contributed by atoms with van der Waals surface area (Å²) in [6.07, 6.45) is 1.69. The highest BCUT2D eigenvalue weighted by Gasteiger charge is 2.32. The quantitative estimate of drug-likeness (QED) is 0.859. The lowest BCUT2D eigenvalue weighted by Gasteiger charge is -2.37. The topological polar surface area (TPSA) is 75.9 Å². The van der Waals surface area contributed by atoms with Crippen molar-refractivity contribution in [2.45, 2.75) is 25.8 Å². The van der Waals surface area contributed by atoms with Gasteiger partial charge in [0, 0.05) is 45.0 Å². The normalized spacial score (nSPS) is 19.6. The Bertz CT molecular complexity index is 609. The van der Waals surface area contributed by atoms with Gasteiger partial charge in [-0.25, -0.2) is 0 Å². The van der Waals surface area contributed by atoms with Crippen LogP contribution in [0, 0.1) is 12.8 Å². The summed E-state index contributed by atoms with van der Waals surface area (Å²) in [7, 11) is 0. The number of nitrogens with two attached hydrogens (primary N) is 1. The lowest BCUT2D eigenvalue weighted by Crippen LogP contribution is -2.56. The molecule has 0 spiro atoms. The smallest absolute Gasteiger partial charge is 0.253 e. The van der Waals surface area contributed by atoms with E-state index < -0.39 is 6.04 Å². The Morgan fingerprint density at radius 1 is 1.04 bits per heavy atom. The van der Waals surface area contributed by atoms with Gasteiger partial charge in [0.1, 0.15) is 0 Å². The van der Waals surface area contributed by atoms with E-state index in [1.54, 1.807) is 4.90 Å². The number of ether oxygens (including phenoxy) is 1. The fourth-order valence-corrected chi connectivity index (χ4v) is 3.50. The van der Waals surface area contributed by atoms with Crippen LogP contribution in [0.4, 0.5) is 0 Å². The highest BCUT2D eigenvalue weighted by Crippen LogP contribution is 2.20. The molecular formula is C19H28ClN3O3. The molecule has 2 heterocycles. The van der Waals surface area contributed by atoms with Gasteiger partial charge >= 0.3 is 0 Å². The Labute approximate surface area is 161 Å². The van der Waals surface area contributed by atoms with Gasteiger partial charge in [-0.3, -0.25) is 9.59 Å². The van der Waals surface area contributed by atoms with Gasteiger partial charge in [-0.15, -0.1) is 12.4 Å². The molecule has 0 aromatic heterocycles. The Hall–Kier alpha value is -1.63. The van der Waals surface area contributed by atoms with Crippen molar-refractivity contribution < 1.29 is 14.3 Å². The predicted molar refractivity (Wildman–Crippen MR) is 102 cm³/mol. The molecule has 1 atom stereocenters.